The lowest BCUT2D eigenvalue weighted by Gasteiger charge is -2.40. The van der Waals surface area contributed by atoms with Crippen molar-refractivity contribution in [2.75, 3.05) is 0 Å². The van der Waals surface area contributed by atoms with E-state index in [1.807, 2.05) is 0 Å². The van der Waals surface area contributed by atoms with Crippen molar-refractivity contribution < 1.29 is 29.1 Å². The lowest BCUT2D eigenvalue weighted by atomic mass is 10.2. The predicted octanol–water partition coefficient (Wildman–Crippen LogP) is 4.63. The molecule has 0 heterocycles. The number of halogens is 6. The summed E-state index contributed by atoms with van der Waals surface area (Å²) in [6.45, 7) is 0. The van der Waals surface area contributed by atoms with Crippen LogP contribution >= 0.6 is 21.8 Å². The van der Waals surface area contributed by atoms with Crippen LogP contribution < -0.4 is 0 Å². The number of nitro groups is 1. The van der Waals surface area contributed by atoms with Crippen LogP contribution in [0.4, 0.5) is 25.1 Å². The van der Waals surface area contributed by atoms with E-state index in [1.165, 1.54) is 0 Å². The van der Waals surface area contributed by atoms with Gasteiger partial charge in [0.2, 0.25) is 0 Å². The van der Waals surface area contributed by atoms with Gasteiger partial charge in [0.1, 0.15) is 10.5 Å². The molecule has 1 rings (SSSR count). The van der Waals surface area contributed by atoms with Crippen molar-refractivity contribution >= 4 is 32.8 Å². The van der Waals surface area contributed by atoms with Crippen molar-refractivity contribution in [1.29, 1.82) is 0 Å². The quantitative estimate of drug-likeness (QED) is 0.354. The molecule has 0 aliphatic heterocycles. The first kappa shape index (κ1) is 14.6. The molecule has 0 spiro atoms. The molecule has 0 atom stereocenters. The van der Waals surface area contributed by atoms with Crippen LogP contribution in [0.2, 0.25) is 0 Å². The highest BCUT2D eigenvalue weighted by Crippen LogP contribution is 3.02. The zero-order valence-electron chi connectivity index (χ0n) is 8.08. The molecular weight excluding hydrogens is 309 g/mol. The number of hydrogen-bond acceptors (Lipinski definition) is 3. The molecule has 0 aromatic heterocycles. The monoisotopic (exact) mass is 311 g/mol. The van der Waals surface area contributed by atoms with Gasteiger partial charge in [0.05, 0.1) is 4.92 Å². The van der Waals surface area contributed by atoms with Crippen LogP contribution in [0.3, 0.4) is 0 Å². The minimum atomic E-state index is -10.0. The summed E-state index contributed by atoms with van der Waals surface area (Å²) >= 11 is 4.89. The minimum Gasteiger partial charge on any atom is -0.275 e. The Kier molecular flexibility index (Phi) is 2.70. The predicted molar refractivity (Wildman–Crippen MR) is 54.7 cm³/mol. The highest BCUT2D eigenvalue weighted by atomic mass is 35.5. The van der Waals surface area contributed by atoms with Gasteiger partial charge in [0.15, 0.2) is 0 Å². The third-order valence-corrected chi connectivity index (χ3v) is 3.17. The van der Waals surface area contributed by atoms with Gasteiger partial charge in [-0.15, -0.1) is 0 Å². The lowest BCUT2D eigenvalue weighted by Crippen LogP contribution is -2.08. The second kappa shape index (κ2) is 3.32. The number of benzene rings is 1. The maximum atomic E-state index is 12.4. The van der Waals surface area contributed by atoms with Gasteiger partial charge in [-0.05, 0) is 23.7 Å². The van der Waals surface area contributed by atoms with E-state index in [9.17, 15) is 34.3 Å². The van der Waals surface area contributed by atoms with Crippen LogP contribution in [0.15, 0.2) is 23.1 Å². The molecule has 0 unspecified atom stereocenters. The SMILES string of the molecule is O=C(Cl)c1ccc(S(F)(F)(F)(F)F)cc1[N+](=O)[O-]. The summed E-state index contributed by atoms with van der Waals surface area (Å²) in [5.74, 6) is 0. The van der Waals surface area contributed by atoms with Crippen molar-refractivity contribution in [1.82, 2.24) is 0 Å². The fraction of sp³-hybridized carbons (Fsp3) is 0. The van der Waals surface area contributed by atoms with E-state index < -0.39 is 42.6 Å². The number of rotatable bonds is 3. The highest BCUT2D eigenvalue weighted by molar-refractivity contribution is 8.45. The normalized spacial score (nSPS) is 15.7. The Morgan fingerprint density at radius 2 is 1.72 bits per heavy atom. The van der Waals surface area contributed by atoms with Crippen molar-refractivity contribution in [2.45, 2.75) is 4.90 Å². The van der Waals surface area contributed by atoms with Crippen LogP contribution in [0.1, 0.15) is 10.4 Å². The Morgan fingerprint density at radius 1 is 1.22 bits per heavy atom. The molecule has 4 nitrogen and oxygen atoms in total. The maximum absolute atomic E-state index is 12.4. The van der Waals surface area contributed by atoms with Crippen LogP contribution in [-0.4, -0.2) is 10.2 Å². The third-order valence-electron chi connectivity index (χ3n) is 1.82. The van der Waals surface area contributed by atoms with Crippen molar-refractivity contribution in [3.05, 3.63) is 33.9 Å². The van der Waals surface area contributed by atoms with E-state index in [1.54, 1.807) is 0 Å². The number of carbonyl (C=O) groups excluding carboxylic acids is 1. The molecule has 1 aromatic carbocycles. The first-order valence-corrected chi connectivity index (χ1v) is 6.27. The topological polar surface area (TPSA) is 60.2 Å². The molecule has 0 bridgehead atoms. The Bertz CT molecular complexity index is 558. The standard InChI is InChI=1S/C7H3ClF5NO3S/c8-7(15)5-2-1-4(3-6(5)14(16)17)18(9,10,11,12)13/h1-3H. The van der Waals surface area contributed by atoms with Crippen LogP contribution in [-0.2, 0) is 0 Å². The molecule has 0 saturated heterocycles. The average Bonchev–Trinajstić information content (AvgIpc) is 2.13. The van der Waals surface area contributed by atoms with Gasteiger partial charge in [0.25, 0.3) is 10.9 Å². The highest BCUT2D eigenvalue weighted by Gasteiger charge is 2.65. The first-order chi connectivity index (χ1) is 7.72. The molecule has 0 N–H and O–H groups in total. The second-order valence-corrected chi connectivity index (χ2v) is 5.93. The fourth-order valence-electron chi connectivity index (χ4n) is 1.07. The molecule has 0 amide bonds. The molecular formula is C7H3ClF5NO3S. The number of carbonyl (C=O) groups is 1. The van der Waals surface area contributed by atoms with E-state index in [0.717, 1.165) is 0 Å². The maximum Gasteiger partial charge on any atom is 0.310 e. The molecule has 0 aliphatic carbocycles. The molecule has 18 heavy (non-hydrogen) atoms. The fourth-order valence-corrected chi connectivity index (χ4v) is 1.89. The van der Waals surface area contributed by atoms with Crippen LogP contribution in [0.5, 0.6) is 0 Å². The largest absolute Gasteiger partial charge is 0.310 e. The van der Waals surface area contributed by atoms with Crippen molar-refractivity contribution in [2.24, 2.45) is 0 Å². The number of nitrogens with zero attached hydrogens (tertiary/aromatic N) is 1. The van der Waals surface area contributed by atoms with Gasteiger partial charge in [-0.25, -0.2) is 0 Å². The Labute approximate surface area is 101 Å². The average molecular weight is 312 g/mol. The molecule has 11 heteroatoms. The number of hydrogen-bond donors (Lipinski definition) is 0. The van der Waals surface area contributed by atoms with Gasteiger partial charge < -0.3 is 0 Å². The summed E-state index contributed by atoms with van der Waals surface area (Å²) in [7, 11) is -10.0. The summed E-state index contributed by atoms with van der Waals surface area (Å²) < 4.78 is 61.9. The van der Waals surface area contributed by atoms with Crippen LogP contribution in [0, 0.1) is 10.1 Å². The van der Waals surface area contributed by atoms with Crippen LogP contribution in [0.25, 0.3) is 0 Å². The molecule has 0 aliphatic rings. The second-order valence-electron chi connectivity index (χ2n) is 3.18. The molecule has 0 radical (unpaired) electrons. The third kappa shape index (κ3) is 3.07. The summed E-state index contributed by atoms with van der Waals surface area (Å²) in [5.41, 5.74) is -2.33. The molecule has 1 aromatic rings. The lowest BCUT2D eigenvalue weighted by molar-refractivity contribution is -0.385. The zero-order chi connectivity index (χ0) is 14.4. The summed E-state index contributed by atoms with van der Waals surface area (Å²) in [6.07, 6.45) is 0. The van der Waals surface area contributed by atoms with E-state index in [2.05, 4.69) is 0 Å². The summed E-state index contributed by atoms with van der Waals surface area (Å²) in [6, 6.07) is -0.290. The van der Waals surface area contributed by atoms with Gasteiger partial charge in [-0.3, -0.25) is 14.9 Å². The molecule has 0 saturated carbocycles. The summed E-state index contributed by atoms with van der Waals surface area (Å²) in [4.78, 5) is 17.2. The molecule has 102 valence electrons. The van der Waals surface area contributed by atoms with E-state index in [4.69, 9.17) is 11.6 Å². The Morgan fingerprint density at radius 3 is 2.06 bits per heavy atom. The van der Waals surface area contributed by atoms with Crippen molar-refractivity contribution in [3.8, 4) is 0 Å². The Balaban J connectivity index is 3.63. The first-order valence-electron chi connectivity index (χ1n) is 3.95. The smallest absolute Gasteiger partial charge is 0.275 e. The van der Waals surface area contributed by atoms with Gasteiger partial charge >= 0.3 is 10.2 Å². The summed E-state index contributed by atoms with van der Waals surface area (Å²) in [5, 5.41) is 8.99. The van der Waals surface area contributed by atoms with E-state index in [0.29, 0.717) is 0 Å². The number of nitro benzene ring substituents is 1. The van der Waals surface area contributed by atoms with E-state index in [-0.39, 0.29) is 12.1 Å². The Hall–Kier alpha value is -1.42. The van der Waals surface area contributed by atoms with Crippen molar-refractivity contribution in [3.63, 3.8) is 0 Å². The van der Waals surface area contributed by atoms with Gasteiger partial charge in [-0.1, -0.05) is 19.4 Å². The molecule has 0 fully saturated rings. The minimum absolute atomic E-state index is 0.121. The van der Waals surface area contributed by atoms with Gasteiger partial charge in [-0.2, -0.15) is 0 Å². The zero-order valence-corrected chi connectivity index (χ0v) is 9.65. The van der Waals surface area contributed by atoms with E-state index >= 15 is 0 Å². The van der Waals surface area contributed by atoms with Gasteiger partial charge in [0, 0.05) is 6.07 Å².